The zero-order valence-electron chi connectivity index (χ0n) is 12.8. The highest BCUT2D eigenvalue weighted by Gasteiger charge is 2.23. The van der Waals surface area contributed by atoms with E-state index in [9.17, 15) is 4.39 Å². The summed E-state index contributed by atoms with van der Waals surface area (Å²) in [6, 6.07) is 10.3. The van der Waals surface area contributed by atoms with E-state index in [0.29, 0.717) is 11.4 Å². The lowest BCUT2D eigenvalue weighted by Crippen LogP contribution is -2.18. The highest BCUT2D eigenvalue weighted by Crippen LogP contribution is 2.37. The van der Waals surface area contributed by atoms with Gasteiger partial charge in [0.2, 0.25) is 0 Å². The van der Waals surface area contributed by atoms with Crippen molar-refractivity contribution in [1.29, 1.82) is 5.26 Å². The normalized spacial score (nSPS) is 14.0. The fourth-order valence-electron chi connectivity index (χ4n) is 2.47. The van der Waals surface area contributed by atoms with Gasteiger partial charge in [-0.1, -0.05) is 12.1 Å². The molecular formula is C18H17FN4. The number of nitrogens with two attached hydrogens (primary N) is 1. The number of nitriles is 1. The van der Waals surface area contributed by atoms with Gasteiger partial charge in [-0.25, -0.2) is 9.37 Å². The van der Waals surface area contributed by atoms with E-state index in [1.165, 1.54) is 23.9 Å². The smallest absolute Gasteiger partial charge is 0.132 e. The zero-order valence-corrected chi connectivity index (χ0v) is 12.8. The maximum absolute atomic E-state index is 13.1. The molecule has 4 nitrogen and oxygen atoms in total. The van der Waals surface area contributed by atoms with Gasteiger partial charge in [0.05, 0.1) is 5.56 Å². The van der Waals surface area contributed by atoms with Crippen molar-refractivity contribution in [1.82, 2.24) is 10.3 Å². The number of anilines is 1. The summed E-state index contributed by atoms with van der Waals surface area (Å²) in [6.45, 7) is 2.01. The summed E-state index contributed by atoms with van der Waals surface area (Å²) in [5.41, 5.74) is 10.4. The first kappa shape index (κ1) is 15.0. The summed E-state index contributed by atoms with van der Waals surface area (Å²) in [5, 5.41) is 12.5. The van der Waals surface area contributed by atoms with Crippen molar-refractivity contribution in [2.45, 2.75) is 25.8 Å². The second-order valence-electron chi connectivity index (χ2n) is 5.66. The van der Waals surface area contributed by atoms with E-state index >= 15 is 0 Å². The fourth-order valence-corrected chi connectivity index (χ4v) is 2.47. The van der Waals surface area contributed by atoms with Crippen molar-refractivity contribution in [3.05, 3.63) is 64.6 Å². The number of halogens is 1. The van der Waals surface area contributed by atoms with Gasteiger partial charge in [-0.3, -0.25) is 0 Å². The Morgan fingerprint density at radius 2 is 2.04 bits per heavy atom. The molecule has 1 aliphatic rings. The van der Waals surface area contributed by atoms with Crippen LogP contribution < -0.4 is 11.1 Å². The van der Waals surface area contributed by atoms with Crippen LogP contribution >= 0.6 is 0 Å². The standard InChI is InChI=1S/C18H17FN4/c1-11(13-4-6-15(19)7-5-13)23-17(14-2-3-14)16-8-12(9-20)10-22-18(16)21/h4-8,10-11,23H,2-3H2,1H3,(H2,21,22). The van der Waals surface area contributed by atoms with Gasteiger partial charge in [0, 0.05) is 23.5 Å². The second-order valence-corrected chi connectivity index (χ2v) is 5.66. The Hall–Kier alpha value is -2.87. The molecule has 1 heterocycles. The molecule has 0 spiro atoms. The van der Waals surface area contributed by atoms with Crippen LogP contribution in [-0.4, -0.2) is 4.98 Å². The zero-order chi connectivity index (χ0) is 16.4. The predicted octanol–water partition coefficient (Wildman–Crippen LogP) is 3.53. The van der Waals surface area contributed by atoms with Crippen LogP contribution in [0.5, 0.6) is 0 Å². The quantitative estimate of drug-likeness (QED) is 0.906. The maximum Gasteiger partial charge on any atom is 0.132 e. The lowest BCUT2D eigenvalue weighted by molar-refractivity contribution is 0.623. The Morgan fingerprint density at radius 3 is 2.65 bits per heavy atom. The van der Waals surface area contributed by atoms with Crippen molar-refractivity contribution >= 4 is 11.5 Å². The Morgan fingerprint density at radius 1 is 1.35 bits per heavy atom. The van der Waals surface area contributed by atoms with Gasteiger partial charge >= 0.3 is 0 Å². The van der Waals surface area contributed by atoms with E-state index in [-0.39, 0.29) is 11.9 Å². The average Bonchev–Trinajstić information content (AvgIpc) is 3.38. The summed E-state index contributed by atoms with van der Waals surface area (Å²) in [7, 11) is 0. The number of hydrogen-bond donors (Lipinski definition) is 2. The average molecular weight is 308 g/mol. The van der Waals surface area contributed by atoms with Crippen LogP contribution in [0, 0.1) is 17.1 Å². The van der Waals surface area contributed by atoms with Gasteiger partial charge in [-0.2, -0.15) is 5.26 Å². The predicted molar refractivity (Wildman–Crippen MR) is 87.5 cm³/mol. The molecule has 3 N–H and O–H groups in total. The van der Waals surface area contributed by atoms with Gasteiger partial charge in [0.1, 0.15) is 17.7 Å². The Bertz CT molecular complexity index is 797. The molecule has 1 unspecified atom stereocenters. The molecule has 1 aliphatic carbocycles. The molecule has 23 heavy (non-hydrogen) atoms. The molecule has 2 aromatic rings. The summed E-state index contributed by atoms with van der Waals surface area (Å²) in [4.78, 5) is 4.10. The van der Waals surface area contributed by atoms with Gasteiger partial charge in [-0.15, -0.1) is 0 Å². The van der Waals surface area contributed by atoms with Gasteiger partial charge < -0.3 is 11.1 Å². The molecule has 0 bridgehead atoms. The molecule has 5 heteroatoms. The van der Waals surface area contributed by atoms with E-state index in [4.69, 9.17) is 11.0 Å². The maximum atomic E-state index is 13.1. The summed E-state index contributed by atoms with van der Waals surface area (Å²) in [5.74, 6) is 0.147. The highest BCUT2D eigenvalue weighted by molar-refractivity contribution is 5.77. The van der Waals surface area contributed by atoms with Crippen LogP contribution in [0.1, 0.15) is 42.5 Å². The van der Waals surface area contributed by atoms with Gasteiger partial charge in [0.15, 0.2) is 0 Å². The van der Waals surface area contributed by atoms with E-state index in [0.717, 1.165) is 29.7 Å². The molecule has 1 saturated carbocycles. The molecule has 1 fully saturated rings. The third-order valence-corrected chi connectivity index (χ3v) is 3.90. The number of allylic oxidation sites excluding steroid dienone is 1. The van der Waals surface area contributed by atoms with Crippen LogP contribution in [0.15, 0.2) is 42.1 Å². The molecule has 0 amide bonds. The van der Waals surface area contributed by atoms with E-state index < -0.39 is 0 Å². The third-order valence-electron chi connectivity index (χ3n) is 3.90. The van der Waals surface area contributed by atoms with Crippen LogP contribution in [0.25, 0.3) is 5.70 Å². The minimum atomic E-state index is -0.253. The Labute approximate surface area is 134 Å². The number of rotatable bonds is 4. The van der Waals surface area contributed by atoms with E-state index in [1.54, 1.807) is 18.2 Å². The van der Waals surface area contributed by atoms with Crippen LogP contribution in [0.4, 0.5) is 10.2 Å². The van der Waals surface area contributed by atoms with Crippen molar-refractivity contribution in [2.24, 2.45) is 0 Å². The number of nitrogen functional groups attached to an aromatic ring is 1. The number of pyridine rings is 1. The molecule has 0 aliphatic heterocycles. The molecule has 1 aromatic heterocycles. The SMILES string of the molecule is CC(NC(=C1CC1)c1cc(C#N)cnc1N)c1ccc(F)cc1. The summed E-state index contributed by atoms with van der Waals surface area (Å²) >= 11 is 0. The number of aromatic nitrogens is 1. The minimum Gasteiger partial charge on any atom is -0.383 e. The van der Waals surface area contributed by atoms with Crippen LogP contribution in [0.3, 0.4) is 0 Å². The topological polar surface area (TPSA) is 74.7 Å². The molecular weight excluding hydrogens is 291 g/mol. The lowest BCUT2D eigenvalue weighted by Gasteiger charge is -2.20. The van der Waals surface area contributed by atoms with Crippen molar-refractivity contribution in [3.63, 3.8) is 0 Å². The molecule has 1 aromatic carbocycles. The first-order valence-electron chi connectivity index (χ1n) is 7.48. The molecule has 116 valence electrons. The number of nitrogens with one attached hydrogen (secondary N) is 1. The number of nitrogens with zero attached hydrogens (tertiary/aromatic N) is 2. The highest BCUT2D eigenvalue weighted by atomic mass is 19.1. The molecule has 0 saturated heterocycles. The lowest BCUT2D eigenvalue weighted by atomic mass is 10.1. The van der Waals surface area contributed by atoms with Crippen LogP contribution in [-0.2, 0) is 0 Å². The summed E-state index contributed by atoms with van der Waals surface area (Å²) < 4.78 is 13.1. The van der Waals surface area contributed by atoms with Gasteiger partial charge in [0.25, 0.3) is 0 Å². The largest absolute Gasteiger partial charge is 0.383 e. The minimum absolute atomic E-state index is 0.0103. The van der Waals surface area contributed by atoms with Gasteiger partial charge in [-0.05, 0) is 49.1 Å². The Kier molecular flexibility index (Phi) is 3.98. The van der Waals surface area contributed by atoms with E-state index in [1.807, 2.05) is 6.92 Å². The molecule has 0 radical (unpaired) electrons. The fraction of sp³-hybridized carbons (Fsp3) is 0.222. The molecule has 3 rings (SSSR count). The number of hydrogen-bond acceptors (Lipinski definition) is 4. The first-order chi connectivity index (χ1) is 11.1. The summed E-state index contributed by atoms with van der Waals surface area (Å²) in [6.07, 6.45) is 3.49. The molecule has 1 atom stereocenters. The monoisotopic (exact) mass is 308 g/mol. The van der Waals surface area contributed by atoms with Crippen molar-refractivity contribution in [3.8, 4) is 6.07 Å². The Balaban J connectivity index is 1.91. The third kappa shape index (κ3) is 3.32. The second kappa shape index (κ2) is 6.09. The van der Waals surface area contributed by atoms with Crippen LogP contribution in [0.2, 0.25) is 0 Å². The van der Waals surface area contributed by atoms with E-state index in [2.05, 4.69) is 16.4 Å². The first-order valence-corrected chi connectivity index (χ1v) is 7.48. The van der Waals surface area contributed by atoms with Crippen molar-refractivity contribution in [2.75, 3.05) is 5.73 Å². The number of benzene rings is 1. The van der Waals surface area contributed by atoms with Crippen molar-refractivity contribution < 1.29 is 4.39 Å².